The van der Waals surface area contributed by atoms with Gasteiger partial charge < -0.3 is 15.5 Å². The molecule has 4 nitrogen and oxygen atoms in total. The highest BCUT2D eigenvalue weighted by atomic mass is 32.2. The summed E-state index contributed by atoms with van der Waals surface area (Å²) < 4.78 is 0. The standard InChI is InChI=1S/C12H15NO3S/c14-9-3-4-10(11(15)6-9)12(16)13-8-2-1-5-17-7-8/h3-4,6,8,14-15H,1-2,5,7H2,(H,13,16). The maximum Gasteiger partial charge on any atom is 0.255 e. The predicted octanol–water partition coefficient (Wildman–Crippen LogP) is 1.72. The molecule has 17 heavy (non-hydrogen) atoms. The zero-order chi connectivity index (χ0) is 12.3. The Kier molecular flexibility index (Phi) is 3.78. The minimum Gasteiger partial charge on any atom is -0.508 e. The SMILES string of the molecule is O=C(NC1CCCSC1)c1ccc(O)cc1O. The Morgan fingerprint density at radius 3 is 2.88 bits per heavy atom. The second-order valence-electron chi connectivity index (χ2n) is 4.09. The number of rotatable bonds is 2. The van der Waals surface area contributed by atoms with Gasteiger partial charge in [0.2, 0.25) is 0 Å². The zero-order valence-corrected chi connectivity index (χ0v) is 10.2. The van der Waals surface area contributed by atoms with Crippen LogP contribution >= 0.6 is 11.8 Å². The van der Waals surface area contributed by atoms with Crippen LogP contribution in [0.2, 0.25) is 0 Å². The first-order valence-electron chi connectivity index (χ1n) is 5.57. The van der Waals surface area contributed by atoms with Crippen LogP contribution in [0, 0.1) is 0 Å². The van der Waals surface area contributed by atoms with Gasteiger partial charge in [-0.05, 0) is 30.7 Å². The molecule has 1 heterocycles. The van der Waals surface area contributed by atoms with Gasteiger partial charge in [0, 0.05) is 17.9 Å². The van der Waals surface area contributed by atoms with Crippen LogP contribution in [0.5, 0.6) is 11.5 Å². The number of benzene rings is 1. The van der Waals surface area contributed by atoms with Gasteiger partial charge in [-0.3, -0.25) is 4.79 Å². The Morgan fingerprint density at radius 1 is 1.41 bits per heavy atom. The van der Waals surface area contributed by atoms with Gasteiger partial charge >= 0.3 is 0 Å². The van der Waals surface area contributed by atoms with E-state index in [4.69, 9.17) is 5.11 Å². The van der Waals surface area contributed by atoms with Gasteiger partial charge in [0.25, 0.3) is 5.91 Å². The molecule has 0 aliphatic carbocycles. The molecule has 0 saturated carbocycles. The van der Waals surface area contributed by atoms with Crippen LogP contribution in [0.25, 0.3) is 0 Å². The number of thioether (sulfide) groups is 1. The summed E-state index contributed by atoms with van der Waals surface area (Å²) in [4.78, 5) is 11.9. The molecule has 1 amide bonds. The third-order valence-electron chi connectivity index (χ3n) is 2.72. The van der Waals surface area contributed by atoms with Gasteiger partial charge in [0.1, 0.15) is 11.5 Å². The number of hydrogen-bond donors (Lipinski definition) is 3. The van der Waals surface area contributed by atoms with E-state index in [-0.39, 0.29) is 29.0 Å². The summed E-state index contributed by atoms with van der Waals surface area (Å²) in [6.45, 7) is 0. The molecule has 0 bridgehead atoms. The van der Waals surface area contributed by atoms with Crippen LogP contribution in [0.3, 0.4) is 0 Å². The first kappa shape index (κ1) is 12.1. The summed E-state index contributed by atoms with van der Waals surface area (Å²) in [6, 6.07) is 4.17. The molecule has 1 aliphatic rings. The van der Waals surface area contributed by atoms with Crippen molar-refractivity contribution in [3.8, 4) is 11.5 Å². The smallest absolute Gasteiger partial charge is 0.255 e. The number of phenols is 2. The summed E-state index contributed by atoms with van der Waals surface area (Å²) in [7, 11) is 0. The molecular weight excluding hydrogens is 238 g/mol. The first-order chi connectivity index (χ1) is 8.16. The monoisotopic (exact) mass is 253 g/mol. The molecular formula is C12H15NO3S. The molecule has 2 rings (SSSR count). The number of carbonyl (C=O) groups excluding carboxylic acids is 1. The zero-order valence-electron chi connectivity index (χ0n) is 9.35. The van der Waals surface area contributed by atoms with E-state index in [1.54, 1.807) is 0 Å². The average Bonchev–Trinajstić information content (AvgIpc) is 2.30. The lowest BCUT2D eigenvalue weighted by atomic mass is 10.1. The third kappa shape index (κ3) is 3.06. The topological polar surface area (TPSA) is 69.6 Å². The minimum absolute atomic E-state index is 0.0488. The maximum absolute atomic E-state index is 11.9. The summed E-state index contributed by atoms with van der Waals surface area (Å²) in [5, 5.41) is 21.6. The van der Waals surface area contributed by atoms with Gasteiger partial charge in [-0.2, -0.15) is 11.8 Å². The van der Waals surface area contributed by atoms with Gasteiger partial charge in [-0.25, -0.2) is 0 Å². The van der Waals surface area contributed by atoms with Crippen molar-refractivity contribution in [1.29, 1.82) is 0 Å². The van der Waals surface area contributed by atoms with Gasteiger partial charge in [0.05, 0.1) is 5.56 Å². The molecule has 5 heteroatoms. The van der Waals surface area contributed by atoms with E-state index >= 15 is 0 Å². The van der Waals surface area contributed by atoms with E-state index < -0.39 is 0 Å². The van der Waals surface area contributed by atoms with Crippen molar-refractivity contribution < 1.29 is 15.0 Å². The Hall–Kier alpha value is -1.36. The fourth-order valence-electron chi connectivity index (χ4n) is 1.83. The number of amides is 1. The molecule has 0 spiro atoms. The van der Waals surface area contributed by atoms with E-state index in [0.29, 0.717) is 0 Å². The number of hydrogen-bond acceptors (Lipinski definition) is 4. The molecule has 0 radical (unpaired) electrons. The Balaban J connectivity index is 2.03. The Morgan fingerprint density at radius 2 is 2.24 bits per heavy atom. The second kappa shape index (κ2) is 5.31. The summed E-state index contributed by atoms with van der Waals surface area (Å²) in [5.41, 5.74) is 0.207. The van der Waals surface area contributed by atoms with Crippen LogP contribution in [-0.2, 0) is 0 Å². The first-order valence-corrected chi connectivity index (χ1v) is 6.73. The van der Waals surface area contributed by atoms with E-state index in [1.165, 1.54) is 18.2 Å². The van der Waals surface area contributed by atoms with Crippen molar-refractivity contribution in [2.75, 3.05) is 11.5 Å². The van der Waals surface area contributed by atoms with Crippen molar-refractivity contribution in [1.82, 2.24) is 5.32 Å². The van der Waals surface area contributed by atoms with Crippen molar-refractivity contribution in [2.24, 2.45) is 0 Å². The predicted molar refractivity (Wildman–Crippen MR) is 67.6 cm³/mol. The Labute approximate surface area is 104 Å². The fourth-order valence-corrected chi connectivity index (χ4v) is 2.90. The molecule has 1 fully saturated rings. The van der Waals surface area contributed by atoms with Gasteiger partial charge in [-0.1, -0.05) is 0 Å². The molecule has 1 atom stereocenters. The van der Waals surface area contributed by atoms with Crippen molar-refractivity contribution in [2.45, 2.75) is 18.9 Å². The number of nitrogens with one attached hydrogen (secondary N) is 1. The third-order valence-corrected chi connectivity index (χ3v) is 3.94. The normalized spacial score (nSPS) is 19.9. The second-order valence-corrected chi connectivity index (χ2v) is 5.24. The van der Waals surface area contributed by atoms with Crippen LogP contribution in [0.4, 0.5) is 0 Å². The highest BCUT2D eigenvalue weighted by Gasteiger charge is 2.18. The van der Waals surface area contributed by atoms with Crippen LogP contribution in [0.15, 0.2) is 18.2 Å². The molecule has 1 unspecified atom stereocenters. The molecule has 3 N–H and O–H groups in total. The fraction of sp³-hybridized carbons (Fsp3) is 0.417. The molecule has 1 saturated heterocycles. The average molecular weight is 253 g/mol. The summed E-state index contributed by atoms with van der Waals surface area (Å²) in [6.07, 6.45) is 2.09. The molecule has 92 valence electrons. The number of carbonyl (C=O) groups is 1. The lowest BCUT2D eigenvalue weighted by Crippen LogP contribution is -2.38. The van der Waals surface area contributed by atoms with Crippen LogP contribution in [-0.4, -0.2) is 33.7 Å². The molecule has 1 aromatic rings. The quantitative estimate of drug-likeness (QED) is 0.750. The lowest BCUT2D eigenvalue weighted by Gasteiger charge is -2.22. The minimum atomic E-state index is -0.282. The lowest BCUT2D eigenvalue weighted by molar-refractivity contribution is 0.0936. The number of phenolic OH excluding ortho intramolecular Hbond substituents is 2. The molecule has 0 aromatic heterocycles. The van der Waals surface area contributed by atoms with Crippen molar-refractivity contribution in [3.63, 3.8) is 0 Å². The largest absolute Gasteiger partial charge is 0.508 e. The summed E-state index contributed by atoms with van der Waals surface area (Å²) in [5.74, 6) is 1.55. The van der Waals surface area contributed by atoms with Crippen LogP contribution in [0.1, 0.15) is 23.2 Å². The molecule has 1 aromatic carbocycles. The maximum atomic E-state index is 11.9. The number of aromatic hydroxyl groups is 2. The Bertz CT molecular complexity index is 416. The van der Waals surface area contributed by atoms with Crippen molar-refractivity contribution in [3.05, 3.63) is 23.8 Å². The highest BCUT2D eigenvalue weighted by molar-refractivity contribution is 7.99. The van der Waals surface area contributed by atoms with E-state index in [0.717, 1.165) is 24.3 Å². The van der Waals surface area contributed by atoms with Gasteiger partial charge in [0.15, 0.2) is 0 Å². The van der Waals surface area contributed by atoms with E-state index in [1.807, 2.05) is 11.8 Å². The van der Waals surface area contributed by atoms with E-state index in [9.17, 15) is 9.90 Å². The van der Waals surface area contributed by atoms with Crippen molar-refractivity contribution >= 4 is 17.7 Å². The van der Waals surface area contributed by atoms with Gasteiger partial charge in [-0.15, -0.1) is 0 Å². The van der Waals surface area contributed by atoms with Crippen LogP contribution < -0.4 is 5.32 Å². The highest BCUT2D eigenvalue weighted by Crippen LogP contribution is 2.23. The summed E-state index contributed by atoms with van der Waals surface area (Å²) >= 11 is 1.83. The van der Waals surface area contributed by atoms with E-state index in [2.05, 4.69) is 5.32 Å². The molecule has 1 aliphatic heterocycles.